The van der Waals surface area contributed by atoms with Crippen molar-refractivity contribution in [3.05, 3.63) is 110 Å². The number of fused-ring (bicyclic) bond motifs is 1. The Balaban J connectivity index is 1.33. The second kappa shape index (κ2) is 9.88. The third kappa shape index (κ3) is 4.71. The standard InChI is InChI=1S/C27H16BrNO6S/c28-17-6-8-19(9-7-17)35-20-10-11-21-22(14-20)26(32)29(25(21)31)18-4-1-3-16(13-18)27(33)34-15-23(30)24-5-2-12-36-24/h1-14H,15H2. The van der Waals surface area contributed by atoms with Crippen LogP contribution in [0.4, 0.5) is 5.69 Å². The molecule has 0 saturated carbocycles. The first-order valence-corrected chi connectivity index (χ1v) is 12.4. The fraction of sp³-hybridized carbons (Fsp3) is 0.0370. The van der Waals surface area contributed by atoms with Gasteiger partial charge >= 0.3 is 5.97 Å². The largest absolute Gasteiger partial charge is 0.457 e. The van der Waals surface area contributed by atoms with Crippen molar-refractivity contribution in [1.29, 1.82) is 0 Å². The molecule has 0 radical (unpaired) electrons. The predicted octanol–water partition coefficient (Wildman–Crippen LogP) is 6.14. The van der Waals surface area contributed by atoms with E-state index in [2.05, 4.69) is 15.9 Å². The molecule has 1 aliphatic heterocycles. The summed E-state index contributed by atoms with van der Waals surface area (Å²) in [6, 6.07) is 21.2. The SMILES string of the molecule is O=C(OCC(=O)c1cccs1)c1cccc(N2C(=O)c3ccc(Oc4ccc(Br)cc4)cc3C2=O)c1. The van der Waals surface area contributed by atoms with Gasteiger partial charge in [0.1, 0.15) is 11.5 Å². The molecular formula is C27H16BrNO6S. The lowest BCUT2D eigenvalue weighted by Gasteiger charge is -2.14. The van der Waals surface area contributed by atoms with Gasteiger partial charge in [-0.1, -0.05) is 28.1 Å². The zero-order chi connectivity index (χ0) is 25.2. The van der Waals surface area contributed by atoms with Crippen molar-refractivity contribution in [3.63, 3.8) is 0 Å². The van der Waals surface area contributed by atoms with E-state index in [1.165, 1.54) is 35.6 Å². The number of Topliss-reactive ketones (excluding diaryl/α,β-unsaturated/α-hetero) is 1. The first-order chi connectivity index (χ1) is 17.4. The zero-order valence-electron chi connectivity index (χ0n) is 18.5. The van der Waals surface area contributed by atoms with Crippen molar-refractivity contribution in [1.82, 2.24) is 0 Å². The molecule has 0 aliphatic carbocycles. The number of nitrogens with zero attached hydrogens (tertiary/aromatic N) is 1. The molecule has 1 aliphatic rings. The maximum Gasteiger partial charge on any atom is 0.338 e. The number of halogens is 1. The highest BCUT2D eigenvalue weighted by molar-refractivity contribution is 9.10. The number of carbonyl (C=O) groups excluding carboxylic acids is 4. The molecule has 2 amide bonds. The van der Waals surface area contributed by atoms with Crippen LogP contribution in [0.3, 0.4) is 0 Å². The number of benzene rings is 3. The molecule has 7 nitrogen and oxygen atoms in total. The van der Waals surface area contributed by atoms with E-state index in [1.807, 2.05) is 12.1 Å². The molecule has 0 bridgehead atoms. The Kier molecular flexibility index (Phi) is 6.49. The summed E-state index contributed by atoms with van der Waals surface area (Å²) in [5, 5.41) is 1.76. The van der Waals surface area contributed by atoms with Crippen LogP contribution in [0.25, 0.3) is 0 Å². The van der Waals surface area contributed by atoms with Crippen molar-refractivity contribution in [3.8, 4) is 11.5 Å². The Labute approximate surface area is 218 Å². The quantitative estimate of drug-likeness (QED) is 0.153. The van der Waals surface area contributed by atoms with E-state index in [0.29, 0.717) is 16.4 Å². The van der Waals surface area contributed by atoms with Gasteiger partial charge in [0.05, 0.1) is 27.3 Å². The highest BCUT2D eigenvalue weighted by Gasteiger charge is 2.37. The van der Waals surface area contributed by atoms with Gasteiger partial charge in [0, 0.05) is 4.47 Å². The van der Waals surface area contributed by atoms with Crippen molar-refractivity contribution in [2.75, 3.05) is 11.5 Å². The molecule has 0 atom stereocenters. The molecule has 2 heterocycles. The van der Waals surface area contributed by atoms with Gasteiger partial charge in [0.25, 0.3) is 11.8 Å². The van der Waals surface area contributed by atoms with E-state index in [0.717, 1.165) is 9.37 Å². The lowest BCUT2D eigenvalue weighted by atomic mass is 10.1. The van der Waals surface area contributed by atoms with Gasteiger partial charge in [0.2, 0.25) is 5.78 Å². The van der Waals surface area contributed by atoms with E-state index in [-0.39, 0.29) is 28.2 Å². The van der Waals surface area contributed by atoms with Gasteiger partial charge in [-0.2, -0.15) is 0 Å². The summed E-state index contributed by atoms with van der Waals surface area (Å²) < 4.78 is 11.9. The second-order valence-electron chi connectivity index (χ2n) is 7.74. The molecule has 0 fully saturated rings. The van der Waals surface area contributed by atoms with Crippen LogP contribution in [0.1, 0.15) is 40.7 Å². The Morgan fingerprint density at radius 2 is 1.58 bits per heavy atom. The van der Waals surface area contributed by atoms with Gasteiger partial charge < -0.3 is 9.47 Å². The maximum absolute atomic E-state index is 13.2. The highest BCUT2D eigenvalue weighted by atomic mass is 79.9. The molecule has 1 aromatic heterocycles. The van der Waals surface area contributed by atoms with Gasteiger partial charge in [0.15, 0.2) is 6.61 Å². The van der Waals surface area contributed by atoms with Gasteiger partial charge in [-0.15, -0.1) is 11.3 Å². The summed E-state index contributed by atoms with van der Waals surface area (Å²) in [6.07, 6.45) is 0. The first-order valence-electron chi connectivity index (χ1n) is 10.7. The van der Waals surface area contributed by atoms with Gasteiger partial charge in [-0.3, -0.25) is 14.4 Å². The van der Waals surface area contributed by atoms with Crippen LogP contribution in [0.2, 0.25) is 0 Å². The van der Waals surface area contributed by atoms with Gasteiger partial charge in [-0.05, 0) is 72.1 Å². The second-order valence-corrected chi connectivity index (χ2v) is 9.60. The number of ether oxygens (including phenoxy) is 2. The summed E-state index contributed by atoms with van der Waals surface area (Å²) in [7, 11) is 0. The molecule has 0 unspecified atom stereocenters. The van der Waals surface area contributed by atoms with Crippen LogP contribution in [0.15, 0.2) is 88.7 Å². The average Bonchev–Trinajstić information content (AvgIpc) is 3.51. The van der Waals surface area contributed by atoms with Crippen LogP contribution in [-0.2, 0) is 4.74 Å². The minimum absolute atomic E-state index is 0.113. The summed E-state index contributed by atoms with van der Waals surface area (Å²) in [4.78, 5) is 52.3. The molecule has 36 heavy (non-hydrogen) atoms. The first kappa shape index (κ1) is 23.7. The number of thiophene rings is 1. The Bertz CT molecular complexity index is 1500. The van der Waals surface area contributed by atoms with Gasteiger partial charge in [-0.25, -0.2) is 9.69 Å². The number of amides is 2. The average molecular weight is 562 g/mol. The number of imide groups is 1. The predicted molar refractivity (Wildman–Crippen MR) is 137 cm³/mol. The van der Waals surface area contributed by atoms with Crippen molar-refractivity contribution < 1.29 is 28.7 Å². The monoisotopic (exact) mass is 561 g/mol. The third-order valence-electron chi connectivity index (χ3n) is 5.38. The van der Waals surface area contributed by atoms with Crippen LogP contribution in [0, 0.1) is 0 Å². The number of ketones is 1. The smallest absolute Gasteiger partial charge is 0.338 e. The van der Waals surface area contributed by atoms with Crippen LogP contribution in [0.5, 0.6) is 11.5 Å². The fourth-order valence-corrected chi connectivity index (χ4v) is 4.57. The number of anilines is 1. The van der Waals surface area contributed by atoms with E-state index < -0.39 is 24.4 Å². The lowest BCUT2D eigenvalue weighted by Crippen LogP contribution is -2.29. The van der Waals surface area contributed by atoms with E-state index in [9.17, 15) is 19.2 Å². The summed E-state index contributed by atoms with van der Waals surface area (Å²) >= 11 is 4.63. The van der Waals surface area contributed by atoms with Crippen molar-refractivity contribution in [2.24, 2.45) is 0 Å². The number of carbonyl (C=O) groups is 4. The zero-order valence-corrected chi connectivity index (χ0v) is 20.9. The molecule has 5 rings (SSSR count). The van der Waals surface area contributed by atoms with Crippen molar-refractivity contribution >= 4 is 56.5 Å². The minimum Gasteiger partial charge on any atom is -0.457 e. The van der Waals surface area contributed by atoms with Crippen LogP contribution in [-0.4, -0.2) is 30.2 Å². The van der Waals surface area contributed by atoms with E-state index in [1.54, 1.807) is 47.8 Å². The fourth-order valence-electron chi connectivity index (χ4n) is 3.65. The van der Waals surface area contributed by atoms with E-state index >= 15 is 0 Å². The lowest BCUT2D eigenvalue weighted by molar-refractivity contribution is 0.0475. The molecule has 9 heteroatoms. The molecular weight excluding hydrogens is 546 g/mol. The molecule has 178 valence electrons. The highest BCUT2D eigenvalue weighted by Crippen LogP contribution is 2.33. The molecule has 0 saturated heterocycles. The maximum atomic E-state index is 13.2. The number of esters is 1. The summed E-state index contributed by atoms with van der Waals surface area (Å²) in [5.41, 5.74) is 0.764. The van der Waals surface area contributed by atoms with Crippen LogP contribution < -0.4 is 9.64 Å². The molecule has 4 aromatic rings. The molecule has 0 N–H and O–H groups in total. The topological polar surface area (TPSA) is 90.0 Å². The summed E-state index contributed by atoms with van der Waals surface area (Å²) in [5.74, 6) is -1.10. The summed E-state index contributed by atoms with van der Waals surface area (Å²) in [6.45, 7) is -0.405. The van der Waals surface area contributed by atoms with Crippen molar-refractivity contribution in [2.45, 2.75) is 0 Å². The Morgan fingerprint density at radius 1 is 0.833 bits per heavy atom. The van der Waals surface area contributed by atoms with E-state index in [4.69, 9.17) is 9.47 Å². The third-order valence-corrected chi connectivity index (χ3v) is 6.82. The minimum atomic E-state index is -0.733. The Hall–Kier alpha value is -4.08. The normalized spacial score (nSPS) is 12.4. The number of hydrogen-bond donors (Lipinski definition) is 0. The molecule has 0 spiro atoms. The molecule has 3 aromatic carbocycles. The number of hydrogen-bond acceptors (Lipinski definition) is 7. The van der Waals surface area contributed by atoms with Crippen LogP contribution >= 0.6 is 27.3 Å². The number of rotatable bonds is 7. The Morgan fingerprint density at radius 3 is 2.33 bits per heavy atom.